The molecule has 2 aromatic carbocycles. The van der Waals surface area contributed by atoms with Crippen LogP contribution in [0.15, 0.2) is 60.0 Å². The van der Waals surface area contributed by atoms with Gasteiger partial charge in [-0.15, -0.1) is 11.3 Å². The molecular formula is C18H11ClFN3S. The van der Waals surface area contributed by atoms with Crippen LogP contribution in [0.5, 0.6) is 0 Å². The van der Waals surface area contributed by atoms with Crippen LogP contribution in [0.2, 0.25) is 5.28 Å². The molecule has 24 heavy (non-hydrogen) atoms. The minimum absolute atomic E-state index is 0.155. The van der Waals surface area contributed by atoms with Crippen LogP contribution in [0.4, 0.5) is 15.9 Å². The first kappa shape index (κ1) is 15.1. The average Bonchev–Trinajstić information content (AvgIpc) is 2.99. The van der Waals surface area contributed by atoms with Gasteiger partial charge in [0.05, 0.1) is 5.39 Å². The fourth-order valence-corrected chi connectivity index (χ4v) is 3.71. The van der Waals surface area contributed by atoms with Crippen LogP contribution in [0.1, 0.15) is 0 Å². The van der Waals surface area contributed by atoms with Crippen molar-refractivity contribution in [2.75, 3.05) is 5.32 Å². The van der Waals surface area contributed by atoms with E-state index in [1.54, 1.807) is 12.1 Å². The molecule has 0 aliphatic rings. The number of anilines is 2. The zero-order chi connectivity index (χ0) is 16.5. The van der Waals surface area contributed by atoms with Crippen molar-refractivity contribution in [2.24, 2.45) is 0 Å². The third kappa shape index (κ3) is 2.84. The SMILES string of the molecule is Fc1cccc(Nc2nc(Cl)nc3scc(-c4ccccc4)c23)c1. The number of thiophene rings is 1. The Hall–Kier alpha value is -2.50. The minimum atomic E-state index is -0.315. The van der Waals surface area contributed by atoms with E-state index in [-0.39, 0.29) is 11.1 Å². The average molecular weight is 356 g/mol. The number of rotatable bonds is 3. The lowest BCUT2D eigenvalue weighted by atomic mass is 10.1. The van der Waals surface area contributed by atoms with Crippen LogP contribution < -0.4 is 5.32 Å². The maximum Gasteiger partial charge on any atom is 0.225 e. The molecule has 118 valence electrons. The number of hydrogen-bond donors (Lipinski definition) is 1. The van der Waals surface area contributed by atoms with E-state index >= 15 is 0 Å². The van der Waals surface area contributed by atoms with Crippen molar-refractivity contribution in [1.29, 1.82) is 0 Å². The number of nitrogens with one attached hydrogen (secondary N) is 1. The second kappa shape index (κ2) is 6.19. The first-order chi connectivity index (χ1) is 11.7. The van der Waals surface area contributed by atoms with Crippen molar-refractivity contribution in [3.8, 4) is 11.1 Å². The third-order valence-corrected chi connectivity index (χ3v) is 4.62. The molecule has 0 aliphatic carbocycles. The number of halogens is 2. The van der Waals surface area contributed by atoms with Gasteiger partial charge in [-0.3, -0.25) is 0 Å². The smallest absolute Gasteiger partial charge is 0.225 e. The molecular weight excluding hydrogens is 345 g/mol. The molecule has 0 unspecified atom stereocenters. The summed E-state index contributed by atoms with van der Waals surface area (Å²) in [5.41, 5.74) is 2.69. The third-order valence-electron chi connectivity index (χ3n) is 3.58. The van der Waals surface area contributed by atoms with E-state index in [4.69, 9.17) is 11.6 Å². The van der Waals surface area contributed by atoms with E-state index in [9.17, 15) is 4.39 Å². The summed E-state index contributed by atoms with van der Waals surface area (Å²) in [4.78, 5) is 9.40. The largest absolute Gasteiger partial charge is 0.339 e. The molecule has 4 aromatic rings. The van der Waals surface area contributed by atoms with Gasteiger partial charge in [-0.25, -0.2) is 9.37 Å². The standard InChI is InChI=1S/C18H11ClFN3S/c19-18-22-16(21-13-8-4-7-12(20)9-13)15-14(10-24-17(15)23-18)11-5-2-1-3-6-11/h1-10H,(H,21,22,23). The first-order valence-electron chi connectivity index (χ1n) is 7.23. The molecule has 0 aliphatic heterocycles. The van der Waals surface area contributed by atoms with E-state index < -0.39 is 0 Å². The van der Waals surface area contributed by atoms with Crippen molar-refractivity contribution in [2.45, 2.75) is 0 Å². The lowest BCUT2D eigenvalue weighted by molar-refractivity contribution is 0.628. The Bertz CT molecular complexity index is 1020. The lowest BCUT2D eigenvalue weighted by Crippen LogP contribution is -1.97. The Morgan fingerprint density at radius 3 is 2.62 bits per heavy atom. The summed E-state index contributed by atoms with van der Waals surface area (Å²) in [6, 6.07) is 16.2. The predicted octanol–water partition coefficient (Wildman–Crippen LogP) is 5.89. The number of aromatic nitrogens is 2. The summed E-state index contributed by atoms with van der Waals surface area (Å²) < 4.78 is 13.5. The molecule has 3 nitrogen and oxygen atoms in total. The molecule has 0 radical (unpaired) electrons. The van der Waals surface area contributed by atoms with Crippen molar-refractivity contribution < 1.29 is 4.39 Å². The Balaban J connectivity index is 1.89. The summed E-state index contributed by atoms with van der Waals surface area (Å²) in [5.74, 6) is 0.251. The van der Waals surface area contributed by atoms with Gasteiger partial charge in [0.25, 0.3) is 0 Å². The fraction of sp³-hybridized carbons (Fsp3) is 0. The first-order valence-corrected chi connectivity index (χ1v) is 8.49. The highest BCUT2D eigenvalue weighted by Gasteiger charge is 2.15. The van der Waals surface area contributed by atoms with E-state index in [2.05, 4.69) is 15.3 Å². The predicted molar refractivity (Wildman–Crippen MR) is 97.5 cm³/mol. The van der Waals surface area contributed by atoms with Crippen molar-refractivity contribution in [3.05, 3.63) is 71.1 Å². The number of hydrogen-bond acceptors (Lipinski definition) is 4. The Morgan fingerprint density at radius 2 is 1.83 bits per heavy atom. The van der Waals surface area contributed by atoms with Gasteiger partial charge in [0, 0.05) is 16.6 Å². The summed E-state index contributed by atoms with van der Waals surface area (Å²) in [6.07, 6.45) is 0. The highest BCUT2D eigenvalue weighted by Crippen LogP contribution is 2.38. The minimum Gasteiger partial charge on any atom is -0.339 e. The molecule has 1 N–H and O–H groups in total. The number of fused-ring (bicyclic) bond motifs is 1. The summed E-state index contributed by atoms with van der Waals surface area (Å²) in [6.45, 7) is 0. The molecule has 4 rings (SSSR count). The van der Waals surface area contributed by atoms with Gasteiger partial charge in [0.2, 0.25) is 5.28 Å². The van der Waals surface area contributed by atoms with Crippen molar-refractivity contribution in [3.63, 3.8) is 0 Å². The van der Waals surface area contributed by atoms with Crippen LogP contribution in [0.3, 0.4) is 0 Å². The highest BCUT2D eigenvalue weighted by molar-refractivity contribution is 7.17. The molecule has 0 spiro atoms. The van der Waals surface area contributed by atoms with Crippen molar-refractivity contribution in [1.82, 2.24) is 9.97 Å². The summed E-state index contributed by atoms with van der Waals surface area (Å²) in [7, 11) is 0. The molecule has 2 heterocycles. The van der Waals surface area contributed by atoms with Crippen LogP contribution >= 0.6 is 22.9 Å². The molecule has 0 saturated carbocycles. The van der Waals surface area contributed by atoms with Crippen LogP contribution in [-0.4, -0.2) is 9.97 Å². The maximum atomic E-state index is 13.5. The maximum absolute atomic E-state index is 13.5. The van der Waals surface area contributed by atoms with Gasteiger partial charge < -0.3 is 5.32 Å². The normalized spacial score (nSPS) is 10.9. The molecule has 6 heteroatoms. The fourth-order valence-electron chi connectivity index (χ4n) is 2.54. The van der Waals surface area contributed by atoms with Gasteiger partial charge >= 0.3 is 0 Å². The van der Waals surface area contributed by atoms with Crippen molar-refractivity contribution >= 4 is 44.7 Å². The van der Waals surface area contributed by atoms with Gasteiger partial charge in [-0.05, 0) is 35.4 Å². The Labute approximate surface area is 146 Å². The summed E-state index contributed by atoms with van der Waals surface area (Å²) >= 11 is 7.55. The second-order valence-electron chi connectivity index (χ2n) is 5.17. The van der Waals surface area contributed by atoms with E-state index in [1.165, 1.54) is 23.5 Å². The Morgan fingerprint density at radius 1 is 1.00 bits per heavy atom. The zero-order valence-corrected chi connectivity index (χ0v) is 13.9. The zero-order valence-electron chi connectivity index (χ0n) is 12.3. The molecule has 0 amide bonds. The van der Waals surface area contributed by atoms with E-state index in [1.807, 2.05) is 35.7 Å². The topological polar surface area (TPSA) is 37.8 Å². The molecule has 0 bridgehead atoms. The molecule has 2 aromatic heterocycles. The quantitative estimate of drug-likeness (QED) is 0.465. The van der Waals surface area contributed by atoms with Gasteiger partial charge in [-0.2, -0.15) is 4.98 Å². The monoisotopic (exact) mass is 355 g/mol. The van der Waals surface area contributed by atoms with Crippen LogP contribution in [0, 0.1) is 5.82 Å². The van der Waals surface area contributed by atoms with Gasteiger partial charge in [-0.1, -0.05) is 36.4 Å². The molecule has 0 saturated heterocycles. The Kier molecular flexibility index (Phi) is 3.88. The van der Waals surface area contributed by atoms with Gasteiger partial charge in [0.15, 0.2) is 0 Å². The van der Waals surface area contributed by atoms with Crippen LogP contribution in [0.25, 0.3) is 21.3 Å². The molecule has 0 atom stereocenters. The van der Waals surface area contributed by atoms with Crippen LogP contribution in [-0.2, 0) is 0 Å². The van der Waals surface area contributed by atoms with E-state index in [0.29, 0.717) is 11.5 Å². The summed E-state index contributed by atoms with van der Waals surface area (Å²) in [5, 5.41) is 6.22. The lowest BCUT2D eigenvalue weighted by Gasteiger charge is -2.09. The molecule has 0 fully saturated rings. The number of benzene rings is 2. The second-order valence-corrected chi connectivity index (χ2v) is 6.37. The number of nitrogens with zero attached hydrogens (tertiary/aromatic N) is 2. The highest BCUT2D eigenvalue weighted by atomic mass is 35.5. The van der Waals surface area contributed by atoms with E-state index in [0.717, 1.165) is 21.3 Å². The van der Waals surface area contributed by atoms with Gasteiger partial charge in [0.1, 0.15) is 16.5 Å².